The lowest BCUT2D eigenvalue weighted by atomic mass is 10.1. The first-order chi connectivity index (χ1) is 13.0. The van der Waals surface area contributed by atoms with Gasteiger partial charge in [0.05, 0.1) is 12.3 Å². The molecule has 0 spiro atoms. The van der Waals surface area contributed by atoms with Gasteiger partial charge in [0.2, 0.25) is 5.91 Å². The van der Waals surface area contributed by atoms with Crippen LogP contribution in [0, 0.1) is 13.8 Å². The maximum Gasteiger partial charge on any atom is 0.233 e. The predicted octanol–water partition coefficient (Wildman–Crippen LogP) is 3.93. The zero-order chi connectivity index (χ0) is 19.4. The predicted molar refractivity (Wildman–Crippen MR) is 107 cm³/mol. The van der Waals surface area contributed by atoms with E-state index in [-0.39, 0.29) is 5.91 Å². The van der Waals surface area contributed by atoms with Gasteiger partial charge in [0.15, 0.2) is 11.0 Å². The van der Waals surface area contributed by atoms with Gasteiger partial charge in [-0.15, -0.1) is 10.2 Å². The minimum atomic E-state index is 0.0251. The van der Waals surface area contributed by atoms with Crippen molar-refractivity contribution in [3.8, 4) is 11.4 Å². The Kier molecular flexibility index (Phi) is 6.01. The Morgan fingerprint density at radius 2 is 1.96 bits per heavy atom. The van der Waals surface area contributed by atoms with Crippen LogP contribution in [-0.4, -0.2) is 38.4 Å². The van der Waals surface area contributed by atoms with Crippen molar-refractivity contribution >= 4 is 17.7 Å². The average molecular weight is 385 g/mol. The Morgan fingerprint density at radius 1 is 1.19 bits per heavy atom. The molecule has 2 aromatic heterocycles. The fourth-order valence-electron chi connectivity index (χ4n) is 2.83. The largest absolute Gasteiger partial charge is 0.464 e. The first kappa shape index (κ1) is 19.2. The molecule has 7 heteroatoms. The molecule has 1 aromatic carbocycles. The molecule has 0 radical (unpaired) electrons. The van der Waals surface area contributed by atoms with Crippen molar-refractivity contribution in [2.45, 2.75) is 39.0 Å². The topological polar surface area (TPSA) is 64.2 Å². The van der Waals surface area contributed by atoms with Crippen LogP contribution in [0.5, 0.6) is 0 Å². The molecule has 0 aliphatic heterocycles. The van der Waals surface area contributed by atoms with Crippen molar-refractivity contribution in [3.63, 3.8) is 0 Å². The second kappa shape index (κ2) is 8.43. The highest BCUT2D eigenvalue weighted by atomic mass is 32.2. The lowest BCUT2D eigenvalue weighted by molar-refractivity contribution is -0.127. The number of aromatic nitrogens is 3. The molecule has 27 heavy (non-hydrogen) atoms. The maximum atomic E-state index is 12.5. The molecule has 0 aliphatic carbocycles. The van der Waals surface area contributed by atoms with Crippen LogP contribution in [0.1, 0.15) is 24.0 Å². The number of carbonyl (C=O) groups is 1. The fourth-order valence-corrected chi connectivity index (χ4v) is 3.78. The van der Waals surface area contributed by atoms with E-state index in [9.17, 15) is 4.79 Å². The van der Waals surface area contributed by atoms with Gasteiger partial charge in [0.25, 0.3) is 0 Å². The SMILES string of the molecule is CCn1c(SCC(=O)N(C)Cc2ccc(C)o2)nnc1-c1ccccc1C. The number of benzene rings is 1. The van der Waals surface area contributed by atoms with Gasteiger partial charge in [-0.1, -0.05) is 36.0 Å². The second-order valence-electron chi connectivity index (χ2n) is 6.42. The average Bonchev–Trinajstić information content (AvgIpc) is 3.25. The summed E-state index contributed by atoms with van der Waals surface area (Å²) in [4.78, 5) is 14.1. The fraction of sp³-hybridized carbons (Fsp3) is 0.350. The molecule has 0 fully saturated rings. The van der Waals surface area contributed by atoms with Gasteiger partial charge in [-0.2, -0.15) is 0 Å². The van der Waals surface area contributed by atoms with Crippen LogP contribution in [0.15, 0.2) is 46.0 Å². The normalized spacial score (nSPS) is 11.0. The summed E-state index contributed by atoms with van der Waals surface area (Å²) in [5.74, 6) is 2.80. The molecule has 3 aromatic rings. The summed E-state index contributed by atoms with van der Waals surface area (Å²) in [5, 5.41) is 9.43. The van der Waals surface area contributed by atoms with Crippen molar-refractivity contribution in [2.24, 2.45) is 0 Å². The molecular formula is C20H24N4O2S. The van der Waals surface area contributed by atoms with E-state index in [1.807, 2.05) is 37.3 Å². The summed E-state index contributed by atoms with van der Waals surface area (Å²) in [5.41, 5.74) is 2.22. The van der Waals surface area contributed by atoms with Gasteiger partial charge in [-0.3, -0.25) is 4.79 Å². The highest BCUT2D eigenvalue weighted by molar-refractivity contribution is 7.99. The lowest BCUT2D eigenvalue weighted by Gasteiger charge is -2.15. The van der Waals surface area contributed by atoms with Crippen LogP contribution in [0.2, 0.25) is 0 Å². The number of furan rings is 1. The molecule has 3 rings (SSSR count). The minimum absolute atomic E-state index is 0.0251. The summed E-state index contributed by atoms with van der Waals surface area (Å²) in [6, 6.07) is 11.9. The molecule has 0 aliphatic rings. The lowest BCUT2D eigenvalue weighted by Crippen LogP contribution is -2.27. The van der Waals surface area contributed by atoms with Gasteiger partial charge in [0.1, 0.15) is 11.5 Å². The van der Waals surface area contributed by atoms with E-state index in [1.54, 1.807) is 11.9 Å². The molecule has 1 amide bonds. The Hall–Kier alpha value is -2.54. The van der Waals surface area contributed by atoms with Gasteiger partial charge < -0.3 is 13.9 Å². The second-order valence-corrected chi connectivity index (χ2v) is 7.36. The molecule has 2 heterocycles. The zero-order valence-corrected chi connectivity index (χ0v) is 16.9. The number of nitrogens with zero attached hydrogens (tertiary/aromatic N) is 4. The van der Waals surface area contributed by atoms with Crippen LogP contribution >= 0.6 is 11.8 Å². The first-order valence-corrected chi connectivity index (χ1v) is 9.89. The molecule has 0 bridgehead atoms. The van der Waals surface area contributed by atoms with E-state index in [4.69, 9.17) is 4.42 Å². The third-order valence-corrected chi connectivity index (χ3v) is 5.31. The van der Waals surface area contributed by atoms with Crippen molar-refractivity contribution in [2.75, 3.05) is 12.8 Å². The van der Waals surface area contributed by atoms with Crippen LogP contribution in [0.3, 0.4) is 0 Å². The molecule has 0 atom stereocenters. The van der Waals surface area contributed by atoms with Crippen LogP contribution in [-0.2, 0) is 17.9 Å². The van der Waals surface area contributed by atoms with E-state index < -0.39 is 0 Å². The van der Waals surface area contributed by atoms with Gasteiger partial charge in [0, 0.05) is 19.2 Å². The number of carbonyl (C=O) groups excluding carboxylic acids is 1. The number of aryl methyl sites for hydroxylation is 2. The molecule has 0 saturated carbocycles. The number of hydrogen-bond acceptors (Lipinski definition) is 5. The van der Waals surface area contributed by atoms with E-state index in [0.717, 1.165) is 40.2 Å². The smallest absolute Gasteiger partial charge is 0.233 e. The third kappa shape index (κ3) is 4.42. The van der Waals surface area contributed by atoms with E-state index >= 15 is 0 Å². The van der Waals surface area contributed by atoms with Crippen molar-refractivity contribution < 1.29 is 9.21 Å². The number of rotatable bonds is 7. The van der Waals surface area contributed by atoms with Gasteiger partial charge in [-0.05, 0) is 38.5 Å². The molecule has 0 N–H and O–H groups in total. The number of amides is 1. The Morgan fingerprint density at radius 3 is 2.63 bits per heavy atom. The quantitative estimate of drug-likeness (QED) is 0.578. The standard InChI is InChI=1S/C20H24N4O2S/c1-5-24-19(17-9-7-6-8-14(17)2)21-22-20(24)27-13-18(25)23(4)12-16-11-10-15(3)26-16/h6-11H,5,12-13H2,1-4H3. The molecule has 0 unspecified atom stereocenters. The van der Waals surface area contributed by atoms with E-state index in [0.29, 0.717) is 12.3 Å². The molecule has 6 nitrogen and oxygen atoms in total. The van der Waals surface area contributed by atoms with Crippen molar-refractivity contribution in [1.82, 2.24) is 19.7 Å². The highest BCUT2D eigenvalue weighted by Crippen LogP contribution is 2.26. The van der Waals surface area contributed by atoms with Gasteiger partial charge in [-0.25, -0.2) is 0 Å². The summed E-state index contributed by atoms with van der Waals surface area (Å²) in [7, 11) is 1.78. The van der Waals surface area contributed by atoms with Crippen LogP contribution in [0.25, 0.3) is 11.4 Å². The van der Waals surface area contributed by atoms with E-state index in [1.165, 1.54) is 11.8 Å². The highest BCUT2D eigenvalue weighted by Gasteiger charge is 2.17. The molecular weight excluding hydrogens is 360 g/mol. The minimum Gasteiger partial charge on any atom is -0.464 e. The summed E-state index contributed by atoms with van der Waals surface area (Å²) in [6.45, 7) is 7.22. The Bertz CT molecular complexity index is 932. The van der Waals surface area contributed by atoms with E-state index in [2.05, 4.69) is 34.7 Å². The number of hydrogen-bond donors (Lipinski definition) is 0. The summed E-state index contributed by atoms with van der Waals surface area (Å²) < 4.78 is 7.59. The molecule has 142 valence electrons. The molecule has 0 saturated heterocycles. The van der Waals surface area contributed by atoms with Crippen LogP contribution < -0.4 is 0 Å². The Labute approximate surface area is 163 Å². The number of thioether (sulfide) groups is 1. The zero-order valence-electron chi connectivity index (χ0n) is 16.1. The van der Waals surface area contributed by atoms with Gasteiger partial charge >= 0.3 is 0 Å². The van der Waals surface area contributed by atoms with Crippen molar-refractivity contribution in [3.05, 3.63) is 53.5 Å². The monoisotopic (exact) mass is 384 g/mol. The summed E-state index contributed by atoms with van der Waals surface area (Å²) >= 11 is 1.41. The first-order valence-electron chi connectivity index (χ1n) is 8.91. The Balaban J connectivity index is 1.67. The van der Waals surface area contributed by atoms with Crippen LogP contribution in [0.4, 0.5) is 0 Å². The maximum absolute atomic E-state index is 12.5. The van der Waals surface area contributed by atoms with Crippen molar-refractivity contribution in [1.29, 1.82) is 0 Å². The summed E-state index contributed by atoms with van der Waals surface area (Å²) in [6.07, 6.45) is 0. The third-order valence-electron chi connectivity index (χ3n) is 4.36.